The van der Waals surface area contributed by atoms with Crippen molar-refractivity contribution in [3.8, 4) is 0 Å². The molecular formula is C10H17NO2. The number of rotatable bonds is 4. The first-order chi connectivity index (χ1) is 6.24. The molecule has 0 fully saturated rings. The fourth-order valence-corrected chi connectivity index (χ4v) is 1.33. The molecule has 0 unspecified atom stereocenters. The molecule has 0 radical (unpaired) electrons. The number of hydrogen-bond acceptors (Lipinski definition) is 3. The molecule has 2 N–H and O–H groups in total. The number of hydrogen-bond donors (Lipinski definition) is 1. The van der Waals surface area contributed by atoms with E-state index in [2.05, 4.69) is 6.92 Å². The highest BCUT2D eigenvalue weighted by Crippen LogP contribution is 2.17. The summed E-state index contributed by atoms with van der Waals surface area (Å²) in [5, 5.41) is 0. The summed E-state index contributed by atoms with van der Waals surface area (Å²) in [6.07, 6.45) is 6.40. The second-order valence-electron chi connectivity index (χ2n) is 3.41. The van der Waals surface area contributed by atoms with Crippen LogP contribution in [0.4, 0.5) is 0 Å². The predicted molar refractivity (Wildman–Crippen MR) is 51.1 cm³/mol. The van der Waals surface area contributed by atoms with E-state index < -0.39 is 0 Å². The van der Waals surface area contributed by atoms with Crippen molar-refractivity contribution >= 4 is 5.97 Å². The predicted octanol–water partition coefficient (Wildman–Crippen LogP) is 1.23. The molecule has 0 saturated carbocycles. The lowest BCUT2D eigenvalue weighted by Gasteiger charge is -2.08. The second kappa shape index (κ2) is 5.02. The zero-order valence-corrected chi connectivity index (χ0v) is 8.03. The van der Waals surface area contributed by atoms with Crippen LogP contribution >= 0.6 is 0 Å². The molecule has 74 valence electrons. The quantitative estimate of drug-likeness (QED) is 0.405. The van der Waals surface area contributed by atoms with Crippen LogP contribution in [0.1, 0.15) is 26.2 Å². The number of nitrogens with two attached hydrogens (primary N) is 1. The van der Waals surface area contributed by atoms with Crippen LogP contribution in [0.25, 0.3) is 0 Å². The van der Waals surface area contributed by atoms with Gasteiger partial charge in [-0.2, -0.15) is 0 Å². The fourth-order valence-electron chi connectivity index (χ4n) is 1.33. The van der Waals surface area contributed by atoms with E-state index in [1.807, 2.05) is 12.2 Å². The molecule has 13 heavy (non-hydrogen) atoms. The Balaban J connectivity index is 2.21. The van der Waals surface area contributed by atoms with Crippen molar-refractivity contribution < 1.29 is 9.53 Å². The van der Waals surface area contributed by atoms with Crippen LogP contribution in [-0.2, 0) is 9.53 Å². The highest BCUT2D eigenvalue weighted by Gasteiger charge is 2.23. The Morgan fingerprint density at radius 2 is 2.38 bits per heavy atom. The number of carbonyl (C=O) groups excluding carboxylic acids is 1. The van der Waals surface area contributed by atoms with Gasteiger partial charge in [0.15, 0.2) is 0 Å². The summed E-state index contributed by atoms with van der Waals surface area (Å²) >= 11 is 0. The molecule has 0 bridgehead atoms. The number of ether oxygens (including phenoxy) is 1. The number of unbranched alkanes of at least 4 members (excludes halogenated alkanes) is 1. The molecule has 0 saturated heterocycles. The molecule has 1 rings (SSSR count). The van der Waals surface area contributed by atoms with Gasteiger partial charge in [0, 0.05) is 6.04 Å². The summed E-state index contributed by atoms with van der Waals surface area (Å²) in [6.45, 7) is 2.61. The third-order valence-electron chi connectivity index (χ3n) is 2.16. The molecule has 0 aliphatic heterocycles. The van der Waals surface area contributed by atoms with E-state index in [0.29, 0.717) is 13.0 Å². The summed E-state index contributed by atoms with van der Waals surface area (Å²) in [5.74, 6) is -0.232. The van der Waals surface area contributed by atoms with Crippen molar-refractivity contribution in [2.75, 3.05) is 6.61 Å². The minimum absolute atomic E-state index is 0.0312. The van der Waals surface area contributed by atoms with Crippen molar-refractivity contribution in [2.24, 2.45) is 11.7 Å². The highest BCUT2D eigenvalue weighted by molar-refractivity contribution is 5.75. The fraction of sp³-hybridized carbons (Fsp3) is 0.700. The molecule has 1 aliphatic carbocycles. The van der Waals surface area contributed by atoms with Crippen molar-refractivity contribution in [2.45, 2.75) is 32.2 Å². The van der Waals surface area contributed by atoms with Gasteiger partial charge in [0.1, 0.15) is 0 Å². The Hall–Kier alpha value is -0.830. The van der Waals surface area contributed by atoms with E-state index in [4.69, 9.17) is 10.5 Å². The Morgan fingerprint density at radius 3 is 2.92 bits per heavy atom. The molecule has 0 aromatic rings. The van der Waals surface area contributed by atoms with E-state index in [1.54, 1.807) is 0 Å². The van der Waals surface area contributed by atoms with Gasteiger partial charge in [0.25, 0.3) is 0 Å². The standard InChI is InChI=1S/C10H17NO2/c1-2-3-6-13-10(12)8-4-5-9(11)7-8/h4-5,8-9H,2-3,6-7,11H2,1H3/t8-,9+/m1/s1. The maximum absolute atomic E-state index is 11.3. The van der Waals surface area contributed by atoms with Crippen LogP contribution in [0.5, 0.6) is 0 Å². The summed E-state index contributed by atoms with van der Waals surface area (Å²) in [5.41, 5.74) is 5.62. The monoisotopic (exact) mass is 183 g/mol. The van der Waals surface area contributed by atoms with Crippen molar-refractivity contribution in [1.82, 2.24) is 0 Å². The zero-order valence-electron chi connectivity index (χ0n) is 8.03. The van der Waals surface area contributed by atoms with Crippen molar-refractivity contribution in [1.29, 1.82) is 0 Å². The van der Waals surface area contributed by atoms with Crippen LogP contribution in [-0.4, -0.2) is 18.6 Å². The van der Waals surface area contributed by atoms with Gasteiger partial charge in [-0.05, 0) is 12.8 Å². The molecule has 0 aromatic heterocycles. The van der Waals surface area contributed by atoms with Gasteiger partial charge in [0.2, 0.25) is 0 Å². The van der Waals surface area contributed by atoms with Gasteiger partial charge in [-0.15, -0.1) is 0 Å². The lowest BCUT2D eigenvalue weighted by Crippen LogP contribution is -2.20. The van der Waals surface area contributed by atoms with Gasteiger partial charge >= 0.3 is 5.97 Å². The Bertz CT molecular complexity index is 201. The third-order valence-corrected chi connectivity index (χ3v) is 2.16. The van der Waals surface area contributed by atoms with E-state index in [9.17, 15) is 4.79 Å². The summed E-state index contributed by atoms with van der Waals surface area (Å²) in [4.78, 5) is 11.3. The lowest BCUT2D eigenvalue weighted by molar-refractivity contribution is -0.146. The summed E-state index contributed by atoms with van der Waals surface area (Å²) < 4.78 is 5.07. The molecule has 3 heteroatoms. The minimum Gasteiger partial charge on any atom is -0.465 e. The average Bonchev–Trinajstić information content (AvgIpc) is 2.52. The number of esters is 1. The lowest BCUT2D eigenvalue weighted by atomic mass is 10.1. The topological polar surface area (TPSA) is 52.3 Å². The minimum atomic E-state index is -0.127. The van der Waals surface area contributed by atoms with Gasteiger partial charge in [-0.1, -0.05) is 25.5 Å². The molecule has 0 aromatic carbocycles. The molecule has 3 nitrogen and oxygen atoms in total. The largest absolute Gasteiger partial charge is 0.465 e. The second-order valence-corrected chi connectivity index (χ2v) is 3.41. The average molecular weight is 183 g/mol. The van der Waals surface area contributed by atoms with Gasteiger partial charge < -0.3 is 10.5 Å². The molecule has 1 aliphatic rings. The van der Waals surface area contributed by atoms with Crippen molar-refractivity contribution in [3.63, 3.8) is 0 Å². The number of carbonyl (C=O) groups is 1. The van der Waals surface area contributed by atoms with E-state index >= 15 is 0 Å². The zero-order chi connectivity index (χ0) is 9.68. The van der Waals surface area contributed by atoms with E-state index in [0.717, 1.165) is 12.8 Å². The van der Waals surface area contributed by atoms with Crippen LogP contribution in [0.2, 0.25) is 0 Å². The van der Waals surface area contributed by atoms with Crippen LogP contribution in [0.3, 0.4) is 0 Å². The highest BCUT2D eigenvalue weighted by atomic mass is 16.5. The smallest absolute Gasteiger partial charge is 0.312 e. The van der Waals surface area contributed by atoms with Gasteiger partial charge in [-0.25, -0.2) is 0 Å². The molecule has 2 atom stereocenters. The summed E-state index contributed by atoms with van der Waals surface area (Å²) in [6, 6.07) is 0.0312. The van der Waals surface area contributed by atoms with Gasteiger partial charge in [-0.3, -0.25) is 4.79 Å². The van der Waals surface area contributed by atoms with Crippen LogP contribution < -0.4 is 5.73 Å². The normalized spacial score (nSPS) is 26.3. The van der Waals surface area contributed by atoms with Crippen molar-refractivity contribution in [3.05, 3.63) is 12.2 Å². The first-order valence-electron chi connectivity index (χ1n) is 4.84. The Labute approximate surface area is 78.9 Å². The summed E-state index contributed by atoms with van der Waals surface area (Å²) in [7, 11) is 0. The van der Waals surface area contributed by atoms with Gasteiger partial charge in [0.05, 0.1) is 12.5 Å². The Morgan fingerprint density at radius 1 is 1.62 bits per heavy atom. The maximum Gasteiger partial charge on any atom is 0.312 e. The SMILES string of the molecule is CCCCOC(=O)[C@@H]1C=C[C@H](N)C1. The van der Waals surface area contributed by atoms with E-state index in [-0.39, 0.29) is 17.9 Å². The van der Waals surface area contributed by atoms with E-state index in [1.165, 1.54) is 0 Å². The first kappa shape index (κ1) is 10.3. The maximum atomic E-state index is 11.3. The molecule has 0 spiro atoms. The van der Waals surface area contributed by atoms with Crippen LogP contribution in [0.15, 0.2) is 12.2 Å². The molecule has 0 heterocycles. The molecular weight excluding hydrogens is 166 g/mol. The first-order valence-corrected chi connectivity index (χ1v) is 4.84. The van der Waals surface area contributed by atoms with Crippen LogP contribution in [0, 0.1) is 5.92 Å². The third kappa shape index (κ3) is 3.19. The Kier molecular flexibility index (Phi) is 3.96. The molecule has 0 amide bonds.